The molecule has 0 radical (unpaired) electrons. The third kappa shape index (κ3) is 5.78. The number of esters is 1. The number of aromatic nitrogens is 1. The number of fused-ring (bicyclic) bond motifs is 5. The van der Waals surface area contributed by atoms with E-state index < -0.39 is 16.5 Å². The molecule has 0 amide bonds. The van der Waals surface area contributed by atoms with Crippen LogP contribution in [0.3, 0.4) is 0 Å². The second-order valence-corrected chi connectivity index (χ2v) is 13.1. The summed E-state index contributed by atoms with van der Waals surface area (Å²) in [7, 11) is -4.74. The third-order valence-electron chi connectivity index (χ3n) is 10.3. The van der Waals surface area contributed by atoms with Crippen LogP contribution in [0.25, 0.3) is 0 Å². The highest BCUT2D eigenvalue weighted by Crippen LogP contribution is 2.68. The number of rotatable bonds is 4. The fraction of sp³-hybridized carbons (Fsp3) is 0.750. The highest BCUT2D eigenvalue weighted by Gasteiger charge is 2.64. The van der Waals surface area contributed by atoms with Gasteiger partial charge in [0.1, 0.15) is 11.9 Å². The molecule has 0 aliphatic heterocycles. The van der Waals surface area contributed by atoms with Gasteiger partial charge in [0.05, 0.1) is 6.10 Å². The summed E-state index contributed by atoms with van der Waals surface area (Å²) in [6, 6.07) is 5.86. The minimum Gasteiger partial charge on any atom is -0.726 e. The molecule has 0 saturated heterocycles. The normalized spacial score (nSPS) is 40.7. The molecule has 1 aromatic rings. The summed E-state index contributed by atoms with van der Waals surface area (Å²) in [5, 5.41) is 0. The van der Waals surface area contributed by atoms with Crippen LogP contribution < -0.4 is 4.98 Å². The molecular formula is C28H41NO7S. The zero-order chi connectivity index (χ0) is 27.0. The quantitative estimate of drug-likeness (QED) is 0.323. The van der Waals surface area contributed by atoms with Gasteiger partial charge >= 0.3 is 5.97 Å². The summed E-state index contributed by atoms with van der Waals surface area (Å²) >= 11 is 0. The van der Waals surface area contributed by atoms with Crippen molar-refractivity contribution in [3.05, 3.63) is 30.6 Å². The Labute approximate surface area is 220 Å². The summed E-state index contributed by atoms with van der Waals surface area (Å²) in [5.74, 6) is 1.09. The predicted octanol–water partition coefficient (Wildman–Crippen LogP) is 4.12. The molecule has 4 aliphatic carbocycles. The molecular weight excluding hydrogens is 494 g/mol. The van der Waals surface area contributed by atoms with Crippen LogP contribution in [-0.4, -0.2) is 36.9 Å². The van der Waals surface area contributed by atoms with Gasteiger partial charge in [-0.2, -0.15) is 0 Å². The molecule has 4 fully saturated rings. The number of carbonyl (C=O) groups excluding carboxylic acids is 2. The fourth-order valence-electron chi connectivity index (χ4n) is 8.76. The highest BCUT2D eigenvalue weighted by molar-refractivity contribution is 7.80. The van der Waals surface area contributed by atoms with E-state index in [0.29, 0.717) is 31.1 Å². The van der Waals surface area contributed by atoms with Gasteiger partial charge in [0.25, 0.3) is 0 Å². The number of ether oxygens (including phenoxy) is 1. The van der Waals surface area contributed by atoms with Gasteiger partial charge in [0, 0.05) is 30.9 Å². The maximum Gasteiger partial charge on any atom is 0.302 e. The lowest BCUT2D eigenvalue weighted by Crippen LogP contribution is -2.59. The van der Waals surface area contributed by atoms with Gasteiger partial charge in [-0.3, -0.25) is 13.8 Å². The smallest absolute Gasteiger partial charge is 0.302 e. The van der Waals surface area contributed by atoms with E-state index >= 15 is 0 Å². The van der Waals surface area contributed by atoms with Gasteiger partial charge in [-0.15, -0.1) is 0 Å². The van der Waals surface area contributed by atoms with Crippen LogP contribution in [0.2, 0.25) is 0 Å². The number of pyridine rings is 1. The van der Waals surface area contributed by atoms with E-state index in [1.54, 1.807) is 6.92 Å². The van der Waals surface area contributed by atoms with E-state index in [2.05, 4.69) is 18.8 Å². The number of carbonyl (C=O) groups is 2. The number of ketones is 1. The van der Waals surface area contributed by atoms with Crippen molar-refractivity contribution in [3.63, 3.8) is 0 Å². The third-order valence-corrected chi connectivity index (χ3v) is 10.8. The maximum atomic E-state index is 12.4. The fourth-order valence-corrected chi connectivity index (χ4v) is 9.27. The Morgan fingerprint density at radius 1 is 0.919 bits per heavy atom. The predicted molar refractivity (Wildman–Crippen MR) is 134 cm³/mol. The molecule has 1 heterocycles. The molecule has 8 nitrogen and oxygen atoms in total. The van der Waals surface area contributed by atoms with E-state index in [9.17, 15) is 22.6 Å². The molecule has 1 aromatic heterocycles. The average Bonchev–Trinajstić information content (AvgIpc) is 3.17. The lowest BCUT2D eigenvalue weighted by atomic mass is 9.44. The van der Waals surface area contributed by atoms with E-state index in [1.807, 2.05) is 30.6 Å². The van der Waals surface area contributed by atoms with Gasteiger partial charge in [-0.25, -0.2) is 13.4 Å². The number of nitrogens with one attached hydrogen (secondary N) is 1. The SMILES string of the molecule is CC(=O)O[C@@H]1C[C@H]2C[C@H](OS(=O)(=O)[O-])CC[C@]2(C)[C@H]2CC[C@]3(C)[C@@H](C(C)=O)CC[C@H]3[C@H]12.c1cc[nH+]cc1. The van der Waals surface area contributed by atoms with Crippen LogP contribution in [0.15, 0.2) is 30.6 Å². The second-order valence-electron chi connectivity index (χ2n) is 12.1. The topological polar surface area (TPSA) is 124 Å². The lowest BCUT2D eigenvalue weighted by Gasteiger charge is -2.62. The summed E-state index contributed by atoms with van der Waals surface area (Å²) in [5.41, 5.74) is -0.0605. The van der Waals surface area contributed by atoms with Gasteiger partial charge in [-0.1, -0.05) is 19.9 Å². The maximum absolute atomic E-state index is 12.4. The monoisotopic (exact) mass is 535 g/mol. The van der Waals surface area contributed by atoms with Crippen LogP contribution in [0.4, 0.5) is 0 Å². The van der Waals surface area contributed by atoms with Crippen LogP contribution >= 0.6 is 0 Å². The first-order valence-corrected chi connectivity index (χ1v) is 14.9. The Hall–Kier alpha value is -1.84. The zero-order valence-electron chi connectivity index (χ0n) is 22.4. The molecule has 0 aromatic carbocycles. The number of hydrogen-bond acceptors (Lipinski definition) is 7. The molecule has 0 bridgehead atoms. The standard InChI is InChI=1S/C23H36O7S.C5H5N/c1-13(24)17-5-6-18-21-19(8-10-23(17,18)4)22(3)9-7-16(30-31(26,27)28)11-15(22)12-20(21)29-14(2)25;1-2-4-6-5-3-1/h15-21H,5-12H2,1-4H3,(H,26,27,28);1-5H/t15-,16-,17-,18+,19+,20-,21+,22+,23-;/m1./s1. The lowest BCUT2D eigenvalue weighted by molar-refractivity contribution is -0.377. The zero-order valence-corrected chi connectivity index (χ0v) is 23.2. The van der Waals surface area contributed by atoms with Gasteiger partial charge in [0.2, 0.25) is 10.4 Å². The van der Waals surface area contributed by atoms with Gasteiger partial charge in [-0.05, 0) is 86.9 Å². The van der Waals surface area contributed by atoms with Crippen molar-refractivity contribution in [2.24, 2.45) is 40.4 Å². The van der Waals surface area contributed by atoms with Crippen LogP contribution in [-0.2, 0) is 28.9 Å². The minimum atomic E-state index is -4.74. The Kier molecular flexibility index (Phi) is 8.17. The van der Waals surface area contributed by atoms with Crippen molar-refractivity contribution >= 4 is 22.2 Å². The van der Waals surface area contributed by atoms with Gasteiger partial charge < -0.3 is 9.29 Å². The first-order chi connectivity index (χ1) is 17.3. The highest BCUT2D eigenvalue weighted by atomic mass is 32.3. The first kappa shape index (κ1) is 28.2. The summed E-state index contributed by atoms with van der Waals surface area (Å²) in [6.45, 7) is 7.70. The second kappa shape index (κ2) is 10.7. The number of H-pyrrole nitrogens is 1. The Bertz CT molecular complexity index is 1050. The van der Waals surface area contributed by atoms with Crippen molar-refractivity contribution in [1.29, 1.82) is 0 Å². The minimum absolute atomic E-state index is 0.0105. The largest absolute Gasteiger partial charge is 0.726 e. The summed E-state index contributed by atoms with van der Waals surface area (Å²) < 4.78 is 44.2. The molecule has 4 saturated carbocycles. The molecule has 9 heteroatoms. The van der Waals surface area contributed by atoms with E-state index in [1.165, 1.54) is 6.92 Å². The summed E-state index contributed by atoms with van der Waals surface area (Å²) in [4.78, 5) is 27.3. The van der Waals surface area contributed by atoms with Crippen LogP contribution in [0.5, 0.6) is 0 Å². The van der Waals surface area contributed by atoms with Crippen molar-refractivity contribution in [3.8, 4) is 0 Å². The van der Waals surface area contributed by atoms with Crippen molar-refractivity contribution in [2.45, 2.75) is 91.3 Å². The molecule has 0 unspecified atom stereocenters. The molecule has 0 spiro atoms. The van der Waals surface area contributed by atoms with E-state index in [-0.39, 0.29) is 46.4 Å². The number of Topliss-reactive ketones (excluding diaryl/α,β-unsaturated/α-hetero) is 1. The Balaban J connectivity index is 0.000000469. The van der Waals surface area contributed by atoms with E-state index in [4.69, 9.17) is 8.92 Å². The average molecular weight is 536 g/mol. The van der Waals surface area contributed by atoms with Crippen LogP contribution in [0, 0.1) is 40.4 Å². The van der Waals surface area contributed by atoms with E-state index in [0.717, 1.165) is 32.1 Å². The Morgan fingerprint density at radius 2 is 1.57 bits per heavy atom. The first-order valence-electron chi connectivity index (χ1n) is 13.6. The van der Waals surface area contributed by atoms with Crippen LogP contribution in [0.1, 0.15) is 79.1 Å². The molecule has 9 atom stereocenters. The van der Waals surface area contributed by atoms with Crippen molar-refractivity contribution in [1.82, 2.24) is 0 Å². The Morgan fingerprint density at radius 3 is 2.11 bits per heavy atom. The molecule has 37 heavy (non-hydrogen) atoms. The molecule has 1 N–H and O–H groups in total. The molecule has 206 valence electrons. The number of hydrogen-bond donors (Lipinski definition) is 0. The molecule has 4 aliphatic rings. The van der Waals surface area contributed by atoms with Crippen molar-refractivity contribution < 1.29 is 36.5 Å². The number of aromatic amines is 1. The van der Waals surface area contributed by atoms with Gasteiger partial charge in [0.15, 0.2) is 12.4 Å². The molecule has 5 rings (SSSR count). The van der Waals surface area contributed by atoms with Crippen molar-refractivity contribution in [2.75, 3.05) is 0 Å². The summed E-state index contributed by atoms with van der Waals surface area (Å²) in [6.07, 6.45) is 9.29.